The van der Waals surface area contributed by atoms with Gasteiger partial charge in [0, 0.05) is 11.1 Å². The summed E-state index contributed by atoms with van der Waals surface area (Å²) < 4.78 is 27.8. The quantitative estimate of drug-likeness (QED) is 0.938. The van der Waals surface area contributed by atoms with Gasteiger partial charge in [-0.2, -0.15) is 0 Å². The monoisotopic (exact) mass is 321 g/mol. The van der Waals surface area contributed by atoms with Crippen LogP contribution in [0.4, 0.5) is 0 Å². The van der Waals surface area contributed by atoms with Crippen LogP contribution >= 0.6 is 11.6 Å². The second kappa shape index (κ2) is 5.44. The Hall–Kier alpha value is -1.36. The smallest absolute Gasteiger partial charge is 0.207 e. The second-order valence-corrected chi connectivity index (χ2v) is 7.44. The van der Waals surface area contributed by atoms with Crippen LogP contribution in [0.1, 0.15) is 29.2 Å². The predicted octanol–water partition coefficient (Wildman–Crippen LogP) is 3.61. The van der Waals surface area contributed by atoms with Crippen LogP contribution in [0.5, 0.6) is 0 Å². The minimum Gasteiger partial charge on any atom is -0.207 e. The van der Waals surface area contributed by atoms with Gasteiger partial charge in [-0.05, 0) is 48.6 Å². The van der Waals surface area contributed by atoms with Crippen molar-refractivity contribution in [3.8, 4) is 0 Å². The standard InChI is InChI=1S/C16H16ClNO2S/c1-11-6-8-13(10-15(11)17)21(19,20)18-16-9-7-12-4-2-3-5-14(12)16/h2-6,8,10,16,18H,7,9H2,1H3. The lowest BCUT2D eigenvalue weighted by molar-refractivity contribution is 0.554. The van der Waals surface area contributed by atoms with Gasteiger partial charge < -0.3 is 0 Å². The van der Waals surface area contributed by atoms with E-state index in [0.29, 0.717) is 5.02 Å². The minimum atomic E-state index is -3.56. The number of hydrogen-bond acceptors (Lipinski definition) is 2. The van der Waals surface area contributed by atoms with Gasteiger partial charge in [0.25, 0.3) is 0 Å². The normalized spacial score (nSPS) is 17.7. The average Bonchev–Trinajstić information content (AvgIpc) is 2.85. The van der Waals surface area contributed by atoms with Crippen LogP contribution in [0.2, 0.25) is 5.02 Å². The van der Waals surface area contributed by atoms with Crippen LogP contribution in [0, 0.1) is 6.92 Å². The lowest BCUT2D eigenvalue weighted by Gasteiger charge is -2.15. The molecule has 0 saturated carbocycles. The molecule has 110 valence electrons. The summed E-state index contributed by atoms with van der Waals surface area (Å²) in [5.74, 6) is 0. The van der Waals surface area contributed by atoms with E-state index in [-0.39, 0.29) is 10.9 Å². The summed E-state index contributed by atoms with van der Waals surface area (Å²) in [7, 11) is -3.56. The molecule has 0 aliphatic heterocycles. The first kappa shape index (κ1) is 14.6. The Morgan fingerprint density at radius 3 is 2.71 bits per heavy atom. The van der Waals surface area contributed by atoms with E-state index in [1.165, 1.54) is 11.6 Å². The van der Waals surface area contributed by atoms with Gasteiger partial charge in [0.1, 0.15) is 0 Å². The SMILES string of the molecule is Cc1ccc(S(=O)(=O)NC2CCc3ccccc32)cc1Cl. The Labute approximate surface area is 130 Å². The van der Waals surface area contributed by atoms with Crippen LogP contribution in [-0.2, 0) is 16.4 Å². The molecular weight excluding hydrogens is 306 g/mol. The number of benzene rings is 2. The maximum atomic E-state index is 12.5. The van der Waals surface area contributed by atoms with Gasteiger partial charge in [-0.15, -0.1) is 0 Å². The number of fused-ring (bicyclic) bond motifs is 1. The third kappa shape index (κ3) is 2.84. The minimum absolute atomic E-state index is 0.161. The van der Waals surface area contributed by atoms with Gasteiger partial charge >= 0.3 is 0 Å². The van der Waals surface area contributed by atoms with Gasteiger partial charge in [-0.25, -0.2) is 13.1 Å². The molecule has 0 aromatic heterocycles. The van der Waals surface area contributed by atoms with Crippen LogP contribution in [0.25, 0.3) is 0 Å². The molecule has 2 aromatic carbocycles. The van der Waals surface area contributed by atoms with E-state index in [4.69, 9.17) is 11.6 Å². The Morgan fingerprint density at radius 2 is 1.95 bits per heavy atom. The molecule has 1 N–H and O–H groups in total. The predicted molar refractivity (Wildman–Crippen MR) is 84.0 cm³/mol. The first-order valence-electron chi connectivity index (χ1n) is 6.84. The number of aryl methyl sites for hydroxylation is 2. The van der Waals surface area contributed by atoms with Crippen molar-refractivity contribution in [1.82, 2.24) is 4.72 Å². The molecule has 1 aliphatic rings. The summed E-state index contributed by atoms with van der Waals surface area (Å²) in [6.45, 7) is 1.85. The third-order valence-electron chi connectivity index (χ3n) is 3.88. The van der Waals surface area contributed by atoms with Gasteiger partial charge in [0.2, 0.25) is 10.0 Å². The molecule has 1 unspecified atom stereocenters. The van der Waals surface area contributed by atoms with Crippen molar-refractivity contribution in [3.63, 3.8) is 0 Å². The lowest BCUT2D eigenvalue weighted by Crippen LogP contribution is -2.27. The van der Waals surface area contributed by atoms with Crippen molar-refractivity contribution < 1.29 is 8.42 Å². The molecule has 0 bridgehead atoms. The summed E-state index contributed by atoms with van der Waals surface area (Å²) >= 11 is 6.03. The molecule has 1 aliphatic carbocycles. The zero-order valence-corrected chi connectivity index (χ0v) is 13.2. The second-order valence-electron chi connectivity index (χ2n) is 5.32. The van der Waals surface area contributed by atoms with E-state index in [0.717, 1.165) is 24.0 Å². The number of halogens is 1. The summed E-state index contributed by atoms with van der Waals surface area (Å²) in [6.07, 6.45) is 1.69. The number of hydrogen-bond donors (Lipinski definition) is 1. The molecule has 3 nitrogen and oxygen atoms in total. The molecule has 1 atom stereocenters. The fourth-order valence-corrected chi connectivity index (χ4v) is 4.20. The molecule has 0 heterocycles. The van der Waals surface area contributed by atoms with Crippen LogP contribution < -0.4 is 4.72 Å². The Bertz CT molecular complexity index is 787. The van der Waals surface area contributed by atoms with E-state index in [1.54, 1.807) is 12.1 Å². The molecule has 3 rings (SSSR count). The molecule has 0 radical (unpaired) electrons. The highest BCUT2D eigenvalue weighted by Crippen LogP contribution is 2.32. The van der Waals surface area contributed by atoms with Gasteiger partial charge in [0.15, 0.2) is 0 Å². The highest BCUT2D eigenvalue weighted by Gasteiger charge is 2.27. The zero-order chi connectivity index (χ0) is 15.0. The van der Waals surface area contributed by atoms with Crippen LogP contribution in [0.3, 0.4) is 0 Å². The van der Waals surface area contributed by atoms with Crippen molar-refractivity contribution >= 4 is 21.6 Å². The van der Waals surface area contributed by atoms with E-state index >= 15 is 0 Å². The Morgan fingerprint density at radius 1 is 1.19 bits per heavy atom. The lowest BCUT2D eigenvalue weighted by atomic mass is 10.1. The number of rotatable bonds is 3. The maximum absolute atomic E-state index is 12.5. The first-order valence-corrected chi connectivity index (χ1v) is 8.70. The largest absolute Gasteiger partial charge is 0.241 e. The fraction of sp³-hybridized carbons (Fsp3) is 0.250. The number of sulfonamides is 1. The molecule has 0 saturated heterocycles. The summed E-state index contributed by atoms with van der Waals surface area (Å²) in [5, 5.41) is 0.463. The molecule has 0 amide bonds. The summed E-state index contributed by atoms with van der Waals surface area (Å²) in [4.78, 5) is 0.211. The summed E-state index contributed by atoms with van der Waals surface area (Å²) in [6, 6.07) is 12.6. The maximum Gasteiger partial charge on any atom is 0.241 e. The van der Waals surface area contributed by atoms with Crippen molar-refractivity contribution in [1.29, 1.82) is 0 Å². The van der Waals surface area contributed by atoms with E-state index in [2.05, 4.69) is 4.72 Å². The fourth-order valence-electron chi connectivity index (χ4n) is 2.68. The molecule has 0 fully saturated rings. The molecule has 0 spiro atoms. The van der Waals surface area contributed by atoms with Gasteiger partial charge in [0.05, 0.1) is 4.90 Å². The molecule has 21 heavy (non-hydrogen) atoms. The van der Waals surface area contributed by atoms with Crippen molar-refractivity contribution in [2.24, 2.45) is 0 Å². The van der Waals surface area contributed by atoms with E-state index in [1.807, 2.05) is 31.2 Å². The topological polar surface area (TPSA) is 46.2 Å². The highest BCUT2D eigenvalue weighted by atomic mass is 35.5. The summed E-state index contributed by atoms with van der Waals surface area (Å²) in [5.41, 5.74) is 3.15. The third-order valence-corrected chi connectivity index (χ3v) is 5.76. The van der Waals surface area contributed by atoms with Crippen LogP contribution in [0.15, 0.2) is 47.4 Å². The molecule has 5 heteroatoms. The molecular formula is C16H16ClNO2S. The van der Waals surface area contributed by atoms with Gasteiger partial charge in [-0.3, -0.25) is 0 Å². The van der Waals surface area contributed by atoms with Crippen molar-refractivity contribution in [2.75, 3.05) is 0 Å². The van der Waals surface area contributed by atoms with Gasteiger partial charge in [-0.1, -0.05) is 41.9 Å². The van der Waals surface area contributed by atoms with Crippen molar-refractivity contribution in [2.45, 2.75) is 30.7 Å². The number of nitrogens with one attached hydrogen (secondary N) is 1. The van der Waals surface area contributed by atoms with E-state index in [9.17, 15) is 8.42 Å². The van der Waals surface area contributed by atoms with E-state index < -0.39 is 10.0 Å². The molecule has 2 aromatic rings. The van der Waals surface area contributed by atoms with Crippen molar-refractivity contribution in [3.05, 3.63) is 64.2 Å². The Kier molecular flexibility index (Phi) is 3.78. The average molecular weight is 322 g/mol. The highest BCUT2D eigenvalue weighted by molar-refractivity contribution is 7.89. The zero-order valence-electron chi connectivity index (χ0n) is 11.6. The first-order chi connectivity index (χ1) is 9.97. The van der Waals surface area contributed by atoms with Crippen LogP contribution in [-0.4, -0.2) is 8.42 Å². The Balaban J connectivity index is 1.89.